The van der Waals surface area contributed by atoms with E-state index in [0.29, 0.717) is 25.1 Å². The Bertz CT molecular complexity index is 417. The summed E-state index contributed by atoms with van der Waals surface area (Å²) in [6.07, 6.45) is 0. The number of guanidine groups is 1. The van der Waals surface area contributed by atoms with Crippen LogP contribution in [0.2, 0.25) is 0 Å². The molecule has 0 fully saturated rings. The molecule has 1 aliphatic rings. The fourth-order valence-electron chi connectivity index (χ4n) is 1.26. The van der Waals surface area contributed by atoms with E-state index < -0.39 is 17.5 Å². The van der Waals surface area contributed by atoms with E-state index in [9.17, 15) is 13.2 Å². The van der Waals surface area contributed by atoms with E-state index in [1.807, 2.05) is 0 Å². The molecule has 0 saturated carbocycles. The van der Waals surface area contributed by atoms with Crippen molar-refractivity contribution in [3.63, 3.8) is 0 Å². The summed E-state index contributed by atoms with van der Waals surface area (Å²) in [5, 5.41) is 5.27. The van der Waals surface area contributed by atoms with Gasteiger partial charge in [-0.15, -0.1) is 0 Å². The minimum atomic E-state index is -1.23. The van der Waals surface area contributed by atoms with Crippen LogP contribution in [-0.2, 0) is 0 Å². The molecule has 0 radical (unpaired) electrons. The van der Waals surface area contributed by atoms with Gasteiger partial charge in [-0.2, -0.15) is 0 Å². The van der Waals surface area contributed by atoms with Crippen LogP contribution in [0.15, 0.2) is 17.1 Å². The monoisotopic (exact) mass is 215 g/mol. The molecule has 1 aromatic rings. The number of benzene rings is 1. The molecule has 0 amide bonds. The number of hydrogen-bond donors (Lipinski definition) is 2. The highest BCUT2D eigenvalue weighted by atomic mass is 19.2. The van der Waals surface area contributed by atoms with Crippen LogP contribution in [0.5, 0.6) is 0 Å². The maximum absolute atomic E-state index is 13.1. The Morgan fingerprint density at radius 3 is 2.73 bits per heavy atom. The first-order valence-electron chi connectivity index (χ1n) is 4.37. The molecular formula is C9H8F3N3. The molecule has 0 aromatic heterocycles. The van der Waals surface area contributed by atoms with Crippen LogP contribution in [0.1, 0.15) is 0 Å². The van der Waals surface area contributed by atoms with Crippen LogP contribution in [0.3, 0.4) is 0 Å². The van der Waals surface area contributed by atoms with E-state index in [2.05, 4.69) is 15.6 Å². The highest BCUT2D eigenvalue weighted by Crippen LogP contribution is 2.19. The van der Waals surface area contributed by atoms with Gasteiger partial charge in [-0.3, -0.25) is 4.99 Å². The Morgan fingerprint density at radius 1 is 1.27 bits per heavy atom. The van der Waals surface area contributed by atoms with Gasteiger partial charge in [0.25, 0.3) is 0 Å². The van der Waals surface area contributed by atoms with Gasteiger partial charge in [-0.1, -0.05) is 0 Å². The van der Waals surface area contributed by atoms with Crippen molar-refractivity contribution in [2.45, 2.75) is 0 Å². The number of anilines is 1. The molecule has 15 heavy (non-hydrogen) atoms. The van der Waals surface area contributed by atoms with E-state index in [0.717, 1.165) is 6.07 Å². The van der Waals surface area contributed by atoms with Crippen LogP contribution in [0.4, 0.5) is 18.9 Å². The molecule has 0 saturated heterocycles. The van der Waals surface area contributed by atoms with E-state index in [1.165, 1.54) is 0 Å². The molecular weight excluding hydrogens is 207 g/mol. The largest absolute Gasteiger partial charge is 0.354 e. The number of rotatable bonds is 1. The van der Waals surface area contributed by atoms with Gasteiger partial charge in [-0.05, 0) is 0 Å². The molecule has 0 spiro atoms. The van der Waals surface area contributed by atoms with Gasteiger partial charge < -0.3 is 10.6 Å². The fourth-order valence-corrected chi connectivity index (χ4v) is 1.26. The number of aliphatic imine (C=N–C) groups is 1. The zero-order chi connectivity index (χ0) is 10.8. The van der Waals surface area contributed by atoms with Crippen molar-refractivity contribution in [2.24, 2.45) is 4.99 Å². The first-order valence-corrected chi connectivity index (χ1v) is 4.37. The average molecular weight is 215 g/mol. The Labute approximate surface area is 84.0 Å². The van der Waals surface area contributed by atoms with Crippen molar-refractivity contribution in [3.05, 3.63) is 29.6 Å². The third kappa shape index (κ3) is 2.03. The molecule has 2 rings (SSSR count). The molecule has 0 bridgehead atoms. The van der Waals surface area contributed by atoms with Crippen LogP contribution in [0.25, 0.3) is 0 Å². The molecule has 6 heteroatoms. The molecule has 80 valence electrons. The predicted molar refractivity (Wildman–Crippen MR) is 50.2 cm³/mol. The van der Waals surface area contributed by atoms with Crippen molar-refractivity contribution in [1.29, 1.82) is 0 Å². The molecule has 0 aliphatic carbocycles. The summed E-state index contributed by atoms with van der Waals surface area (Å²) < 4.78 is 38.7. The average Bonchev–Trinajstić information content (AvgIpc) is 2.66. The van der Waals surface area contributed by atoms with E-state index >= 15 is 0 Å². The van der Waals surface area contributed by atoms with Gasteiger partial charge in [0.15, 0.2) is 17.6 Å². The molecule has 0 atom stereocenters. The lowest BCUT2D eigenvalue weighted by Gasteiger charge is -2.08. The summed E-state index contributed by atoms with van der Waals surface area (Å²) in [5.41, 5.74) is -0.263. The normalized spacial score (nSPS) is 14.7. The lowest BCUT2D eigenvalue weighted by Crippen LogP contribution is -2.26. The third-order valence-electron chi connectivity index (χ3n) is 1.92. The third-order valence-corrected chi connectivity index (χ3v) is 1.92. The molecule has 1 aliphatic heterocycles. The van der Waals surface area contributed by atoms with E-state index in [-0.39, 0.29) is 5.69 Å². The minimum Gasteiger partial charge on any atom is -0.354 e. The Hall–Kier alpha value is -1.72. The Kier molecular flexibility index (Phi) is 2.49. The van der Waals surface area contributed by atoms with Gasteiger partial charge in [-0.25, -0.2) is 13.2 Å². The van der Waals surface area contributed by atoms with Crippen molar-refractivity contribution >= 4 is 11.6 Å². The second kappa shape index (κ2) is 3.80. The highest BCUT2D eigenvalue weighted by Gasteiger charge is 2.13. The fraction of sp³-hybridized carbons (Fsp3) is 0.222. The number of hydrogen-bond acceptors (Lipinski definition) is 3. The van der Waals surface area contributed by atoms with Crippen molar-refractivity contribution < 1.29 is 13.2 Å². The quantitative estimate of drug-likeness (QED) is 0.696. The molecule has 0 unspecified atom stereocenters. The standard InChI is InChI=1S/C9H8F3N3/c10-5-3-6(11)8(12)7(4-5)15-9-13-1-2-14-9/h3-4H,1-2H2,(H2,13,14,15). The van der Waals surface area contributed by atoms with Gasteiger partial charge in [0.1, 0.15) is 5.82 Å². The second-order valence-corrected chi connectivity index (χ2v) is 3.03. The van der Waals surface area contributed by atoms with Crippen molar-refractivity contribution in [1.82, 2.24) is 5.32 Å². The van der Waals surface area contributed by atoms with Gasteiger partial charge in [0.05, 0.1) is 12.2 Å². The first-order chi connectivity index (χ1) is 7.16. The maximum Gasteiger partial charge on any atom is 0.196 e. The lowest BCUT2D eigenvalue weighted by molar-refractivity contribution is 0.498. The van der Waals surface area contributed by atoms with E-state index in [1.54, 1.807) is 0 Å². The predicted octanol–water partition coefficient (Wildman–Crippen LogP) is 1.48. The summed E-state index contributed by atoms with van der Waals surface area (Å²) in [4.78, 5) is 3.91. The molecule has 1 aromatic carbocycles. The number of nitrogens with one attached hydrogen (secondary N) is 2. The van der Waals surface area contributed by atoms with Gasteiger partial charge in [0.2, 0.25) is 0 Å². The summed E-state index contributed by atoms with van der Waals surface area (Å²) >= 11 is 0. The zero-order valence-corrected chi connectivity index (χ0v) is 7.65. The van der Waals surface area contributed by atoms with Crippen LogP contribution in [0, 0.1) is 17.5 Å². The van der Waals surface area contributed by atoms with Crippen LogP contribution in [-0.4, -0.2) is 19.0 Å². The Morgan fingerprint density at radius 2 is 2.07 bits per heavy atom. The summed E-state index contributed by atoms with van der Waals surface area (Å²) in [6, 6.07) is 1.37. The topological polar surface area (TPSA) is 36.4 Å². The molecule has 2 N–H and O–H groups in total. The molecule has 3 nitrogen and oxygen atoms in total. The van der Waals surface area contributed by atoms with Crippen molar-refractivity contribution in [2.75, 3.05) is 18.4 Å². The summed E-state index contributed by atoms with van der Waals surface area (Å²) in [6.45, 7) is 1.18. The maximum atomic E-state index is 13.1. The summed E-state index contributed by atoms with van der Waals surface area (Å²) in [5.74, 6) is -2.86. The van der Waals surface area contributed by atoms with Crippen molar-refractivity contribution in [3.8, 4) is 0 Å². The molecule has 1 heterocycles. The van der Waals surface area contributed by atoms with Gasteiger partial charge in [0, 0.05) is 18.7 Å². The SMILES string of the molecule is Fc1cc(F)c(F)c(NC2=NCCN2)c1. The van der Waals surface area contributed by atoms with Gasteiger partial charge >= 0.3 is 0 Å². The Balaban J connectivity index is 2.27. The smallest absolute Gasteiger partial charge is 0.196 e. The zero-order valence-electron chi connectivity index (χ0n) is 7.65. The minimum absolute atomic E-state index is 0.263. The lowest BCUT2D eigenvalue weighted by atomic mass is 10.3. The van der Waals surface area contributed by atoms with Crippen LogP contribution < -0.4 is 10.6 Å². The summed E-state index contributed by atoms with van der Waals surface area (Å²) in [7, 11) is 0. The highest BCUT2D eigenvalue weighted by molar-refractivity contribution is 5.94. The second-order valence-electron chi connectivity index (χ2n) is 3.03. The first kappa shape index (κ1) is 9.82. The number of nitrogens with zero attached hydrogens (tertiary/aromatic N) is 1. The van der Waals surface area contributed by atoms with E-state index in [4.69, 9.17) is 0 Å². The number of halogens is 3. The van der Waals surface area contributed by atoms with Crippen LogP contribution >= 0.6 is 0 Å².